The molecule has 23 heavy (non-hydrogen) atoms. The molecule has 0 amide bonds. The summed E-state index contributed by atoms with van der Waals surface area (Å²) >= 11 is 6.13. The summed E-state index contributed by atoms with van der Waals surface area (Å²) in [7, 11) is -2.40. The monoisotopic (exact) mass is 354 g/mol. The molecular weight excluding hydrogens is 336 g/mol. The first kappa shape index (κ1) is 17.6. The van der Waals surface area contributed by atoms with Crippen molar-refractivity contribution in [3.63, 3.8) is 0 Å². The number of halogens is 1. The average molecular weight is 355 g/mol. The maximum atomic E-state index is 12.5. The molecule has 0 atom stereocenters. The van der Waals surface area contributed by atoms with E-state index >= 15 is 0 Å². The summed E-state index contributed by atoms with van der Waals surface area (Å²) in [6.07, 6.45) is 0. The Balaban J connectivity index is 2.42. The summed E-state index contributed by atoms with van der Waals surface area (Å²) in [6, 6.07) is 9.45. The average Bonchev–Trinajstić information content (AvgIpc) is 2.50. The summed E-state index contributed by atoms with van der Waals surface area (Å²) in [5.41, 5.74) is 1.51. The molecular formula is C17H19ClO4S. The summed E-state index contributed by atoms with van der Waals surface area (Å²) in [4.78, 5) is 0.0700. The highest BCUT2D eigenvalue weighted by atomic mass is 35.5. The van der Waals surface area contributed by atoms with E-state index in [9.17, 15) is 8.42 Å². The van der Waals surface area contributed by atoms with E-state index in [-0.39, 0.29) is 10.8 Å². The van der Waals surface area contributed by atoms with Gasteiger partial charge in [0.25, 0.3) is 0 Å². The quantitative estimate of drug-likeness (QED) is 0.739. The zero-order chi connectivity index (χ0) is 17.2. The normalized spacial score (nSPS) is 11.6. The van der Waals surface area contributed by atoms with Gasteiger partial charge in [-0.3, -0.25) is 0 Å². The fraction of sp³-hybridized carbons (Fsp3) is 0.294. The lowest BCUT2D eigenvalue weighted by atomic mass is 10.0. The maximum Gasteiger partial charge on any atom is 0.339 e. The molecule has 0 saturated carbocycles. The van der Waals surface area contributed by atoms with Gasteiger partial charge >= 0.3 is 10.1 Å². The van der Waals surface area contributed by atoms with Gasteiger partial charge in [0, 0.05) is 5.02 Å². The van der Waals surface area contributed by atoms with Gasteiger partial charge in [0.2, 0.25) is 0 Å². The fourth-order valence-corrected chi connectivity index (χ4v) is 3.22. The van der Waals surface area contributed by atoms with Crippen molar-refractivity contribution in [3.05, 3.63) is 52.5 Å². The topological polar surface area (TPSA) is 52.6 Å². The van der Waals surface area contributed by atoms with E-state index in [1.165, 1.54) is 19.2 Å². The molecule has 0 heterocycles. The van der Waals surface area contributed by atoms with Crippen LogP contribution in [0.2, 0.25) is 5.02 Å². The number of hydrogen-bond acceptors (Lipinski definition) is 4. The van der Waals surface area contributed by atoms with Crippen molar-refractivity contribution in [3.8, 4) is 11.5 Å². The van der Waals surface area contributed by atoms with Crippen LogP contribution >= 0.6 is 11.6 Å². The SMILES string of the molecule is COc1ccc(S(=O)(=O)Oc2cc(C)c(Cl)cc2C(C)C)cc1. The van der Waals surface area contributed by atoms with Crippen LogP contribution in [-0.4, -0.2) is 15.5 Å². The Hall–Kier alpha value is -1.72. The summed E-state index contributed by atoms with van der Waals surface area (Å²) in [6.45, 7) is 5.71. The van der Waals surface area contributed by atoms with Gasteiger partial charge in [-0.05, 0) is 60.4 Å². The van der Waals surface area contributed by atoms with Crippen LogP contribution in [0, 0.1) is 6.92 Å². The molecule has 124 valence electrons. The van der Waals surface area contributed by atoms with Crippen molar-refractivity contribution in [2.45, 2.75) is 31.6 Å². The number of methoxy groups -OCH3 is 1. The molecule has 2 aromatic carbocycles. The second-order valence-electron chi connectivity index (χ2n) is 5.51. The summed E-state index contributed by atoms with van der Waals surface area (Å²) in [5.74, 6) is 0.959. The van der Waals surface area contributed by atoms with E-state index in [2.05, 4.69) is 0 Å². The fourth-order valence-electron chi connectivity index (χ4n) is 2.10. The van der Waals surface area contributed by atoms with Crippen molar-refractivity contribution >= 4 is 21.7 Å². The lowest BCUT2D eigenvalue weighted by Gasteiger charge is -2.15. The Morgan fingerprint density at radius 2 is 1.70 bits per heavy atom. The zero-order valence-corrected chi connectivity index (χ0v) is 15.0. The van der Waals surface area contributed by atoms with Gasteiger partial charge in [0.15, 0.2) is 0 Å². The first-order chi connectivity index (χ1) is 10.7. The van der Waals surface area contributed by atoms with Crippen molar-refractivity contribution < 1.29 is 17.3 Å². The molecule has 6 heteroatoms. The molecule has 0 aliphatic carbocycles. The number of aryl methyl sites for hydroxylation is 1. The summed E-state index contributed by atoms with van der Waals surface area (Å²) < 4.78 is 35.3. The third-order valence-corrected chi connectivity index (χ3v) is 5.12. The van der Waals surface area contributed by atoms with Gasteiger partial charge in [-0.25, -0.2) is 0 Å². The van der Waals surface area contributed by atoms with Gasteiger partial charge in [-0.1, -0.05) is 25.4 Å². The van der Waals surface area contributed by atoms with Crippen LogP contribution in [0.1, 0.15) is 30.9 Å². The van der Waals surface area contributed by atoms with Gasteiger partial charge in [-0.15, -0.1) is 0 Å². The van der Waals surface area contributed by atoms with Crippen LogP contribution in [0.25, 0.3) is 0 Å². The van der Waals surface area contributed by atoms with Gasteiger partial charge in [0.1, 0.15) is 16.4 Å². The standard InChI is InChI=1S/C17H19ClO4S/c1-11(2)15-10-16(18)12(3)9-17(15)22-23(19,20)14-7-5-13(21-4)6-8-14/h5-11H,1-4H3. The number of ether oxygens (including phenoxy) is 1. The highest BCUT2D eigenvalue weighted by Crippen LogP contribution is 2.33. The Kier molecular flexibility index (Phi) is 5.22. The van der Waals surface area contributed by atoms with Crippen LogP contribution in [-0.2, 0) is 10.1 Å². The van der Waals surface area contributed by atoms with Crippen LogP contribution in [0.15, 0.2) is 41.3 Å². The van der Waals surface area contributed by atoms with Gasteiger partial charge < -0.3 is 8.92 Å². The predicted molar refractivity (Wildman–Crippen MR) is 91.1 cm³/mol. The molecule has 0 fully saturated rings. The van der Waals surface area contributed by atoms with Crippen LogP contribution in [0.4, 0.5) is 0 Å². The molecule has 0 saturated heterocycles. The molecule has 0 radical (unpaired) electrons. The predicted octanol–water partition coefficient (Wildman–Crippen LogP) is 4.55. The maximum absolute atomic E-state index is 12.5. The smallest absolute Gasteiger partial charge is 0.339 e. The molecule has 0 aliphatic heterocycles. The molecule has 0 spiro atoms. The molecule has 2 rings (SSSR count). The van der Waals surface area contributed by atoms with Crippen LogP contribution in [0.5, 0.6) is 11.5 Å². The molecule has 0 N–H and O–H groups in total. The van der Waals surface area contributed by atoms with Crippen molar-refractivity contribution in [2.24, 2.45) is 0 Å². The van der Waals surface area contributed by atoms with E-state index < -0.39 is 10.1 Å². The summed E-state index contributed by atoms with van der Waals surface area (Å²) in [5, 5.41) is 0.586. The van der Waals surface area contributed by atoms with E-state index in [0.717, 1.165) is 11.1 Å². The third-order valence-electron chi connectivity index (χ3n) is 3.46. The first-order valence-electron chi connectivity index (χ1n) is 7.13. The Labute approximate surface area is 142 Å². The molecule has 0 aliphatic rings. The molecule has 2 aromatic rings. The number of rotatable bonds is 5. The van der Waals surface area contributed by atoms with Gasteiger partial charge in [-0.2, -0.15) is 8.42 Å². The second kappa shape index (κ2) is 6.81. The number of hydrogen-bond donors (Lipinski definition) is 0. The van der Waals surface area contributed by atoms with Crippen LogP contribution in [0.3, 0.4) is 0 Å². The lowest BCUT2D eigenvalue weighted by molar-refractivity contribution is 0.414. The molecule has 0 unspecified atom stereocenters. The van der Waals surface area contributed by atoms with Crippen molar-refractivity contribution in [1.29, 1.82) is 0 Å². The van der Waals surface area contributed by atoms with Crippen molar-refractivity contribution in [1.82, 2.24) is 0 Å². The second-order valence-corrected chi connectivity index (χ2v) is 7.46. The minimum atomic E-state index is -3.92. The minimum Gasteiger partial charge on any atom is -0.497 e. The van der Waals surface area contributed by atoms with E-state index in [1.807, 2.05) is 13.8 Å². The Morgan fingerprint density at radius 1 is 1.09 bits per heavy atom. The van der Waals surface area contributed by atoms with E-state index in [1.54, 1.807) is 31.2 Å². The minimum absolute atomic E-state index is 0.0700. The highest BCUT2D eigenvalue weighted by molar-refractivity contribution is 7.87. The highest BCUT2D eigenvalue weighted by Gasteiger charge is 2.20. The Morgan fingerprint density at radius 3 is 2.22 bits per heavy atom. The van der Waals surface area contributed by atoms with E-state index in [0.29, 0.717) is 16.5 Å². The Bertz CT molecular complexity index is 796. The zero-order valence-electron chi connectivity index (χ0n) is 13.5. The number of benzene rings is 2. The molecule has 0 aromatic heterocycles. The van der Waals surface area contributed by atoms with Crippen LogP contribution < -0.4 is 8.92 Å². The molecule has 4 nitrogen and oxygen atoms in total. The largest absolute Gasteiger partial charge is 0.497 e. The molecule has 0 bridgehead atoms. The van der Waals surface area contributed by atoms with E-state index in [4.69, 9.17) is 20.5 Å². The van der Waals surface area contributed by atoms with Gasteiger partial charge in [0.05, 0.1) is 7.11 Å². The third kappa shape index (κ3) is 3.98. The van der Waals surface area contributed by atoms with Crippen molar-refractivity contribution in [2.75, 3.05) is 7.11 Å². The first-order valence-corrected chi connectivity index (χ1v) is 8.92. The lowest BCUT2D eigenvalue weighted by Crippen LogP contribution is -2.11.